The van der Waals surface area contributed by atoms with Crippen LogP contribution in [0.1, 0.15) is 10.4 Å². The first-order chi connectivity index (χ1) is 9.16. The number of hydrogen-bond acceptors (Lipinski definition) is 5. The first kappa shape index (κ1) is 13.6. The highest BCUT2D eigenvalue weighted by Gasteiger charge is 2.13. The summed E-state index contributed by atoms with van der Waals surface area (Å²) < 4.78 is 10.8. The first-order valence-corrected chi connectivity index (χ1v) is 6.22. The average molecular weight is 266 g/mol. The van der Waals surface area contributed by atoms with Gasteiger partial charge < -0.3 is 20.3 Å². The summed E-state index contributed by atoms with van der Waals surface area (Å²) in [6, 6.07) is 4.56. The number of morpholine rings is 1. The fourth-order valence-corrected chi connectivity index (χ4v) is 1.94. The van der Waals surface area contributed by atoms with Crippen molar-refractivity contribution in [2.45, 2.75) is 0 Å². The van der Waals surface area contributed by atoms with Crippen molar-refractivity contribution in [1.82, 2.24) is 4.90 Å². The van der Waals surface area contributed by atoms with Gasteiger partial charge in [-0.1, -0.05) is 0 Å². The van der Waals surface area contributed by atoms with Gasteiger partial charge in [-0.25, -0.2) is 4.79 Å². The maximum atomic E-state index is 11.1. The lowest BCUT2D eigenvalue weighted by atomic mass is 10.2. The monoisotopic (exact) mass is 266 g/mol. The smallest absolute Gasteiger partial charge is 0.339 e. The van der Waals surface area contributed by atoms with Gasteiger partial charge in [0.15, 0.2) is 0 Å². The molecule has 1 aliphatic heterocycles. The molecule has 0 saturated carbocycles. The van der Waals surface area contributed by atoms with Gasteiger partial charge in [-0.3, -0.25) is 4.90 Å². The van der Waals surface area contributed by atoms with Gasteiger partial charge in [0.2, 0.25) is 0 Å². The number of hydrogen-bond donors (Lipinski definition) is 2. The van der Waals surface area contributed by atoms with Gasteiger partial charge in [-0.15, -0.1) is 0 Å². The third kappa shape index (κ3) is 3.84. The van der Waals surface area contributed by atoms with E-state index in [1.54, 1.807) is 12.1 Å². The van der Waals surface area contributed by atoms with E-state index in [9.17, 15) is 4.79 Å². The summed E-state index contributed by atoms with van der Waals surface area (Å²) in [5.74, 6) is -0.692. The van der Waals surface area contributed by atoms with Gasteiger partial charge >= 0.3 is 5.97 Å². The molecule has 0 aromatic heterocycles. The molecular formula is C13H18N2O4. The first-order valence-electron chi connectivity index (χ1n) is 6.22. The molecule has 3 N–H and O–H groups in total. The number of nitrogen functional groups attached to an aromatic ring is 1. The maximum absolute atomic E-state index is 11.1. The van der Waals surface area contributed by atoms with Crippen molar-refractivity contribution in [2.24, 2.45) is 0 Å². The molecule has 6 nitrogen and oxygen atoms in total. The van der Waals surface area contributed by atoms with E-state index in [-0.39, 0.29) is 5.56 Å². The molecule has 0 amide bonds. The van der Waals surface area contributed by atoms with Gasteiger partial charge in [0, 0.05) is 31.4 Å². The van der Waals surface area contributed by atoms with E-state index in [2.05, 4.69) is 4.90 Å². The number of nitrogens with zero attached hydrogens (tertiary/aromatic N) is 1. The van der Waals surface area contributed by atoms with Crippen LogP contribution in [0.15, 0.2) is 18.2 Å². The van der Waals surface area contributed by atoms with Gasteiger partial charge in [-0.2, -0.15) is 0 Å². The zero-order valence-electron chi connectivity index (χ0n) is 10.7. The Morgan fingerprint density at radius 1 is 1.42 bits per heavy atom. The molecule has 0 radical (unpaired) electrons. The number of aromatic carboxylic acids is 1. The molecule has 0 atom stereocenters. The van der Waals surface area contributed by atoms with Crippen LogP contribution in [0.2, 0.25) is 0 Å². The minimum absolute atomic E-state index is 0.135. The molecule has 1 aromatic rings. The van der Waals surface area contributed by atoms with Crippen molar-refractivity contribution in [3.05, 3.63) is 23.8 Å². The Labute approximate surface area is 111 Å². The summed E-state index contributed by atoms with van der Waals surface area (Å²) in [5, 5.41) is 9.06. The summed E-state index contributed by atoms with van der Waals surface area (Å²) in [6.45, 7) is 4.41. The van der Waals surface area contributed by atoms with Gasteiger partial charge in [0.05, 0.1) is 13.2 Å². The lowest BCUT2D eigenvalue weighted by molar-refractivity contribution is 0.0321. The molecule has 6 heteroatoms. The number of ether oxygens (including phenoxy) is 2. The second kappa shape index (κ2) is 6.40. The minimum Gasteiger partial charge on any atom is -0.491 e. The topological polar surface area (TPSA) is 85.0 Å². The largest absolute Gasteiger partial charge is 0.491 e. The number of carboxylic acids is 1. The number of nitrogens with two attached hydrogens (primary N) is 1. The highest BCUT2D eigenvalue weighted by Crippen LogP contribution is 2.21. The number of carbonyl (C=O) groups is 1. The predicted molar refractivity (Wildman–Crippen MR) is 70.6 cm³/mol. The van der Waals surface area contributed by atoms with Crippen LogP contribution < -0.4 is 10.5 Å². The Balaban J connectivity index is 1.91. The molecule has 0 aliphatic carbocycles. The van der Waals surface area contributed by atoms with Gasteiger partial charge in [0.25, 0.3) is 0 Å². The molecule has 0 spiro atoms. The predicted octanol–water partition coefficient (Wildman–Crippen LogP) is 0.678. The lowest BCUT2D eigenvalue weighted by Crippen LogP contribution is -2.38. The second-order valence-corrected chi connectivity index (χ2v) is 4.36. The lowest BCUT2D eigenvalue weighted by Gasteiger charge is -2.26. The average Bonchev–Trinajstić information content (AvgIpc) is 2.39. The molecule has 1 fully saturated rings. The molecule has 1 saturated heterocycles. The van der Waals surface area contributed by atoms with E-state index in [0.29, 0.717) is 18.0 Å². The molecule has 1 aromatic carbocycles. The second-order valence-electron chi connectivity index (χ2n) is 4.36. The molecule has 0 unspecified atom stereocenters. The van der Waals surface area contributed by atoms with Gasteiger partial charge in [0.1, 0.15) is 17.9 Å². The normalized spacial score (nSPS) is 16.2. The molecule has 19 heavy (non-hydrogen) atoms. The van der Waals surface area contributed by atoms with Crippen molar-refractivity contribution in [3.63, 3.8) is 0 Å². The van der Waals surface area contributed by atoms with Crippen molar-refractivity contribution < 1.29 is 19.4 Å². The van der Waals surface area contributed by atoms with Crippen LogP contribution in [0.3, 0.4) is 0 Å². The Morgan fingerprint density at radius 2 is 2.16 bits per heavy atom. The van der Waals surface area contributed by atoms with E-state index in [1.165, 1.54) is 6.07 Å². The third-order valence-corrected chi connectivity index (χ3v) is 3.00. The number of anilines is 1. The number of carboxylic acid groups (broad SMARTS) is 1. The molecule has 1 aliphatic rings. The maximum Gasteiger partial charge on any atom is 0.339 e. The quantitative estimate of drug-likeness (QED) is 0.762. The number of benzene rings is 1. The summed E-state index contributed by atoms with van der Waals surface area (Å²) >= 11 is 0. The summed E-state index contributed by atoms with van der Waals surface area (Å²) in [4.78, 5) is 13.3. The van der Waals surface area contributed by atoms with Crippen LogP contribution in [0.25, 0.3) is 0 Å². The molecular weight excluding hydrogens is 248 g/mol. The molecule has 2 rings (SSSR count). The fourth-order valence-electron chi connectivity index (χ4n) is 1.94. The fraction of sp³-hybridized carbons (Fsp3) is 0.462. The SMILES string of the molecule is Nc1ccc(C(=O)O)c(OCCN2CCOCC2)c1. The summed E-state index contributed by atoms with van der Waals surface area (Å²) in [6.07, 6.45) is 0. The van der Waals surface area contributed by atoms with Crippen LogP contribution in [0.5, 0.6) is 5.75 Å². The van der Waals surface area contributed by atoms with Crippen molar-refractivity contribution in [3.8, 4) is 5.75 Å². The molecule has 1 heterocycles. The van der Waals surface area contributed by atoms with Crippen LogP contribution >= 0.6 is 0 Å². The Morgan fingerprint density at radius 3 is 2.84 bits per heavy atom. The Bertz CT molecular complexity index is 444. The van der Waals surface area contributed by atoms with Crippen LogP contribution in [-0.4, -0.2) is 55.4 Å². The zero-order valence-corrected chi connectivity index (χ0v) is 10.7. The number of rotatable bonds is 5. The Kier molecular flexibility index (Phi) is 4.59. The Hall–Kier alpha value is -1.79. The van der Waals surface area contributed by atoms with E-state index < -0.39 is 5.97 Å². The minimum atomic E-state index is -1.01. The third-order valence-electron chi connectivity index (χ3n) is 3.00. The standard InChI is InChI=1S/C13H18N2O4/c14-10-1-2-11(13(16)17)12(9-10)19-8-5-15-3-6-18-7-4-15/h1-2,9H,3-8,14H2,(H,16,17). The highest BCUT2D eigenvalue weighted by atomic mass is 16.5. The van der Waals surface area contributed by atoms with E-state index >= 15 is 0 Å². The van der Waals surface area contributed by atoms with Gasteiger partial charge in [-0.05, 0) is 12.1 Å². The van der Waals surface area contributed by atoms with E-state index in [4.69, 9.17) is 20.3 Å². The van der Waals surface area contributed by atoms with E-state index in [1.807, 2.05) is 0 Å². The van der Waals surface area contributed by atoms with Crippen LogP contribution in [0, 0.1) is 0 Å². The van der Waals surface area contributed by atoms with Crippen molar-refractivity contribution >= 4 is 11.7 Å². The summed E-state index contributed by atoms with van der Waals surface area (Å²) in [5.41, 5.74) is 6.27. The van der Waals surface area contributed by atoms with Crippen LogP contribution in [0.4, 0.5) is 5.69 Å². The molecule has 0 bridgehead atoms. The zero-order chi connectivity index (χ0) is 13.7. The van der Waals surface area contributed by atoms with Crippen molar-refractivity contribution in [2.75, 3.05) is 45.2 Å². The highest BCUT2D eigenvalue weighted by molar-refractivity contribution is 5.91. The van der Waals surface area contributed by atoms with Crippen LogP contribution in [-0.2, 0) is 4.74 Å². The van der Waals surface area contributed by atoms with Crippen molar-refractivity contribution in [1.29, 1.82) is 0 Å². The summed E-state index contributed by atoms with van der Waals surface area (Å²) in [7, 11) is 0. The van der Waals surface area contributed by atoms with E-state index in [0.717, 1.165) is 32.8 Å². The molecule has 104 valence electrons.